The van der Waals surface area contributed by atoms with E-state index in [0.717, 1.165) is 0 Å². The Kier molecular flexibility index (Phi) is 5.17. The Morgan fingerprint density at radius 2 is 2.25 bits per heavy atom. The van der Waals surface area contributed by atoms with E-state index in [2.05, 4.69) is 14.9 Å². The Hall–Kier alpha value is -0.660. The summed E-state index contributed by atoms with van der Waals surface area (Å²) in [5.41, 5.74) is 0. The molecule has 0 aliphatic carbocycles. The molecule has 0 atom stereocenters. The van der Waals surface area contributed by atoms with Crippen LogP contribution in [0.4, 0.5) is 0 Å². The molecule has 0 aromatic carbocycles. The monoisotopic (exact) mass is 266 g/mol. The van der Waals surface area contributed by atoms with E-state index in [1.165, 1.54) is 6.33 Å². The fourth-order valence-electron chi connectivity index (χ4n) is 1.10. The van der Waals surface area contributed by atoms with Gasteiger partial charge in [0.05, 0.1) is 12.3 Å². The lowest BCUT2D eigenvalue weighted by molar-refractivity contribution is 0.574. The molecular formula is C8H15ClN4O2S. The second-order valence-electron chi connectivity index (χ2n) is 3.39. The SMILES string of the molecule is Cn1cnnc1CNS(=O)(=O)CCCCCl. The van der Waals surface area contributed by atoms with E-state index >= 15 is 0 Å². The average Bonchev–Trinajstić information content (AvgIpc) is 2.62. The van der Waals surface area contributed by atoms with Crippen molar-refractivity contribution in [1.82, 2.24) is 19.5 Å². The summed E-state index contributed by atoms with van der Waals surface area (Å²) in [7, 11) is -1.48. The topological polar surface area (TPSA) is 76.9 Å². The summed E-state index contributed by atoms with van der Waals surface area (Å²) in [6.07, 6.45) is 2.79. The van der Waals surface area contributed by atoms with Crippen molar-refractivity contribution in [2.24, 2.45) is 7.05 Å². The third-order valence-electron chi connectivity index (χ3n) is 2.05. The summed E-state index contributed by atoms with van der Waals surface area (Å²) >= 11 is 5.47. The van der Waals surface area contributed by atoms with Gasteiger partial charge in [0.25, 0.3) is 0 Å². The third-order valence-corrected chi connectivity index (χ3v) is 3.73. The van der Waals surface area contributed by atoms with Gasteiger partial charge in [-0.3, -0.25) is 0 Å². The number of nitrogens with one attached hydrogen (secondary N) is 1. The number of sulfonamides is 1. The lowest BCUT2D eigenvalue weighted by Crippen LogP contribution is -2.27. The maximum absolute atomic E-state index is 11.5. The average molecular weight is 267 g/mol. The van der Waals surface area contributed by atoms with Gasteiger partial charge in [-0.05, 0) is 12.8 Å². The van der Waals surface area contributed by atoms with E-state index < -0.39 is 10.0 Å². The van der Waals surface area contributed by atoms with Crippen molar-refractivity contribution < 1.29 is 8.42 Å². The highest BCUT2D eigenvalue weighted by molar-refractivity contribution is 7.89. The molecule has 1 rings (SSSR count). The van der Waals surface area contributed by atoms with Crippen LogP contribution >= 0.6 is 11.6 Å². The van der Waals surface area contributed by atoms with Crippen molar-refractivity contribution >= 4 is 21.6 Å². The number of aryl methyl sites for hydroxylation is 1. The fourth-order valence-corrected chi connectivity index (χ4v) is 2.37. The zero-order chi connectivity index (χ0) is 12.0. The molecule has 0 aliphatic heterocycles. The van der Waals surface area contributed by atoms with Gasteiger partial charge in [0.1, 0.15) is 12.2 Å². The first-order valence-corrected chi connectivity index (χ1v) is 7.10. The second-order valence-corrected chi connectivity index (χ2v) is 5.70. The number of rotatable bonds is 7. The van der Waals surface area contributed by atoms with Gasteiger partial charge in [-0.25, -0.2) is 13.1 Å². The van der Waals surface area contributed by atoms with Crippen LogP contribution in [-0.2, 0) is 23.6 Å². The summed E-state index contributed by atoms with van der Waals surface area (Å²) in [5, 5.41) is 7.44. The van der Waals surface area contributed by atoms with E-state index in [-0.39, 0.29) is 12.3 Å². The first-order valence-electron chi connectivity index (χ1n) is 4.91. The Morgan fingerprint density at radius 1 is 1.50 bits per heavy atom. The predicted octanol–water partition coefficient (Wildman–Crippen LogP) is 0.253. The van der Waals surface area contributed by atoms with E-state index in [0.29, 0.717) is 24.5 Å². The standard InChI is InChI=1S/C8H15ClN4O2S/c1-13-7-10-12-8(13)6-11-16(14,15)5-3-2-4-9/h7,11H,2-6H2,1H3. The van der Waals surface area contributed by atoms with E-state index in [1.54, 1.807) is 11.6 Å². The van der Waals surface area contributed by atoms with Crippen LogP contribution in [-0.4, -0.2) is 34.8 Å². The molecule has 0 bridgehead atoms. The number of unbranched alkanes of at least 4 members (excludes halogenated alkanes) is 1. The van der Waals surface area contributed by atoms with Crippen molar-refractivity contribution in [3.63, 3.8) is 0 Å². The van der Waals surface area contributed by atoms with Gasteiger partial charge < -0.3 is 4.57 Å². The molecule has 6 nitrogen and oxygen atoms in total. The summed E-state index contributed by atoms with van der Waals surface area (Å²) in [5.74, 6) is 1.16. The number of aromatic nitrogens is 3. The lowest BCUT2D eigenvalue weighted by atomic mass is 10.4. The van der Waals surface area contributed by atoms with Crippen LogP contribution in [0, 0.1) is 0 Å². The highest BCUT2D eigenvalue weighted by Gasteiger charge is 2.11. The first kappa shape index (κ1) is 13.4. The van der Waals surface area contributed by atoms with Gasteiger partial charge in [-0.1, -0.05) is 0 Å². The molecule has 0 radical (unpaired) electrons. The van der Waals surface area contributed by atoms with Crippen molar-refractivity contribution in [2.45, 2.75) is 19.4 Å². The van der Waals surface area contributed by atoms with Crippen molar-refractivity contribution in [3.05, 3.63) is 12.2 Å². The van der Waals surface area contributed by atoms with Crippen LogP contribution in [0.15, 0.2) is 6.33 Å². The molecule has 0 saturated heterocycles. The smallest absolute Gasteiger partial charge is 0.212 e. The largest absolute Gasteiger partial charge is 0.320 e. The maximum Gasteiger partial charge on any atom is 0.212 e. The van der Waals surface area contributed by atoms with Crippen LogP contribution in [0.25, 0.3) is 0 Å². The van der Waals surface area contributed by atoms with Crippen molar-refractivity contribution in [3.8, 4) is 0 Å². The highest BCUT2D eigenvalue weighted by Crippen LogP contribution is 1.98. The molecule has 0 saturated carbocycles. The summed E-state index contributed by atoms with van der Waals surface area (Å²) in [6, 6.07) is 0. The molecule has 16 heavy (non-hydrogen) atoms. The molecule has 0 amide bonds. The Labute approximate surface area is 100 Å². The minimum absolute atomic E-state index is 0.0948. The van der Waals surface area contributed by atoms with Gasteiger partial charge in [0.15, 0.2) is 0 Å². The minimum atomic E-state index is -3.24. The maximum atomic E-state index is 11.5. The molecule has 0 aliphatic rings. The van der Waals surface area contributed by atoms with Gasteiger partial charge >= 0.3 is 0 Å². The first-order chi connectivity index (χ1) is 7.55. The Bertz CT molecular complexity index is 417. The molecule has 0 fully saturated rings. The van der Waals surface area contributed by atoms with Crippen LogP contribution < -0.4 is 4.72 Å². The Morgan fingerprint density at radius 3 is 2.81 bits per heavy atom. The number of hydrogen-bond acceptors (Lipinski definition) is 4. The minimum Gasteiger partial charge on any atom is -0.320 e. The molecule has 1 aromatic heterocycles. The number of nitrogens with zero attached hydrogens (tertiary/aromatic N) is 3. The van der Waals surface area contributed by atoms with E-state index in [9.17, 15) is 8.42 Å². The van der Waals surface area contributed by atoms with Gasteiger partial charge in [0.2, 0.25) is 10.0 Å². The second kappa shape index (κ2) is 6.17. The van der Waals surface area contributed by atoms with Crippen LogP contribution in [0.5, 0.6) is 0 Å². The molecule has 0 unspecified atom stereocenters. The number of halogens is 1. The van der Waals surface area contributed by atoms with Crippen molar-refractivity contribution in [1.29, 1.82) is 0 Å². The van der Waals surface area contributed by atoms with Gasteiger partial charge in [-0.15, -0.1) is 21.8 Å². The van der Waals surface area contributed by atoms with Crippen LogP contribution in [0.2, 0.25) is 0 Å². The molecule has 0 spiro atoms. The summed E-state index contributed by atoms with van der Waals surface area (Å²) < 4.78 is 27.1. The Balaban J connectivity index is 2.39. The molecule has 1 aromatic rings. The summed E-state index contributed by atoms with van der Waals surface area (Å²) in [6.45, 7) is 0.166. The van der Waals surface area contributed by atoms with Crippen molar-refractivity contribution in [2.75, 3.05) is 11.6 Å². The van der Waals surface area contributed by atoms with E-state index in [4.69, 9.17) is 11.6 Å². The lowest BCUT2D eigenvalue weighted by Gasteiger charge is -2.05. The van der Waals surface area contributed by atoms with Crippen LogP contribution in [0.3, 0.4) is 0 Å². The molecule has 1 N–H and O–H groups in total. The van der Waals surface area contributed by atoms with Gasteiger partial charge in [0, 0.05) is 12.9 Å². The van der Waals surface area contributed by atoms with E-state index in [1.807, 2.05) is 0 Å². The summed E-state index contributed by atoms with van der Waals surface area (Å²) in [4.78, 5) is 0. The zero-order valence-corrected chi connectivity index (χ0v) is 10.6. The molecule has 1 heterocycles. The predicted molar refractivity (Wildman–Crippen MR) is 61.6 cm³/mol. The molecule has 92 valence electrons. The third kappa shape index (κ3) is 4.46. The molecular weight excluding hydrogens is 252 g/mol. The number of alkyl halides is 1. The quantitative estimate of drug-likeness (QED) is 0.567. The highest BCUT2D eigenvalue weighted by atomic mass is 35.5. The van der Waals surface area contributed by atoms with Crippen LogP contribution in [0.1, 0.15) is 18.7 Å². The zero-order valence-electron chi connectivity index (χ0n) is 9.06. The number of hydrogen-bond donors (Lipinski definition) is 1. The molecule has 8 heteroatoms. The fraction of sp³-hybridized carbons (Fsp3) is 0.750. The normalized spacial score (nSPS) is 11.9. The van der Waals surface area contributed by atoms with Gasteiger partial charge in [-0.2, -0.15) is 0 Å².